The number of amides is 1. The fourth-order valence-electron chi connectivity index (χ4n) is 4.23. The zero-order valence-corrected chi connectivity index (χ0v) is 20.2. The smallest absolute Gasteiger partial charge is 0.297 e. The average Bonchev–Trinajstić information content (AvgIpc) is 3.31. The number of fused-ring (bicyclic) bond motifs is 2. The minimum absolute atomic E-state index is 0.0473. The molecule has 2 aromatic carbocycles. The van der Waals surface area contributed by atoms with Crippen LogP contribution in [0.4, 0.5) is 5.13 Å². The Morgan fingerprint density at radius 2 is 1.76 bits per heavy atom. The summed E-state index contributed by atoms with van der Waals surface area (Å²) in [6.07, 6.45) is 0. The predicted molar refractivity (Wildman–Crippen MR) is 132 cm³/mol. The van der Waals surface area contributed by atoms with Crippen molar-refractivity contribution in [2.45, 2.75) is 33.7 Å². The van der Waals surface area contributed by atoms with Crippen molar-refractivity contribution in [2.75, 3.05) is 18.1 Å². The number of thiazole rings is 1. The predicted octanol–water partition coefficient (Wildman–Crippen LogP) is 5.41. The van der Waals surface area contributed by atoms with Crippen LogP contribution >= 0.6 is 11.3 Å². The second kappa shape index (κ2) is 8.61. The van der Waals surface area contributed by atoms with E-state index < -0.39 is 6.04 Å². The summed E-state index contributed by atoms with van der Waals surface area (Å²) in [6, 6.07) is 11.8. The molecule has 1 aliphatic rings. The SMILES string of the molecule is CCOc1ccc(C2c3c(oc4ccccc4c3=O)C(=O)N2c2nc(C)c(C)s2)cc1OCC. The van der Waals surface area contributed by atoms with Crippen molar-refractivity contribution in [3.8, 4) is 11.5 Å². The van der Waals surface area contributed by atoms with Crippen LogP contribution in [0.1, 0.15) is 52.1 Å². The molecule has 0 saturated carbocycles. The molecule has 7 nitrogen and oxygen atoms in total. The monoisotopic (exact) mass is 476 g/mol. The third-order valence-electron chi connectivity index (χ3n) is 5.88. The van der Waals surface area contributed by atoms with E-state index in [1.165, 1.54) is 11.3 Å². The largest absolute Gasteiger partial charge is 0.490 e. The average molecular weight is 477 g/mol. The van der Waals surface area contributed by atoms with Gasteiger partial charge >= 0.3 is 0 Å². The molecule has 1 aliphatic heterocycles. The standard InChI is InChI=1S/C26H24N2O5S/c1-5-31-19-12-11-16(13-20(19)32-6-2)22-21-23(29)17-9-7-8-10-18(17)33-24(21)25(30)28(22)26-27-14(3)15(4)34-26/h7-13,22H,5-6H2,1-4H3. The van der Waals surface area contributed by atoms with Gasteiger partial charge in [0.25, 0.3) is 5.91 Å². The van der Waals surface area contributed by atoms with Crippen LogP contribution in [0.15, 0.2) is 51.7 Å². The molecule has 8 heteroatoms. The zero-order valence-electron chi connectivity index (χ0n) is 19.4. The topological polar surface area (TPSA) is 81.9 Å². The fraction of sp³-hybridized carbons (Fsp3) is 0.269. The van der Waals surface area contributed by atoms with Crippen molar-refractivity contribution in [3.05, 3.63) is 80.1 Å². The molecule has 0 saturated heterocycles. The molecule has 0 bridgehead atoms. The van der Waals surface area contributed by atoms with E-state index in [4.69, 9.17) is 13.9 Å². The molecule has 5 rings (SSSR count). The summed E-state index contributed by atoms with van der Waals surface area (Å²) in [5.74, 6) is 0.824. The van der Waals surface area contributed by atoms with Crippen LogP contribution < -0.4 is 19.8 Å². The van der Waals surface area contributed by atoms with Crippen LogP contribution in [0.3, 0.4) is 0 Å². The number of anilines is 1. The Morgan fingerprint density at radius 3 is 2.47 bits per heavy atom. The molecular formula is C26H24N2O5S. The van der Waals surface area contributed by atoms with E-state index in [1.54, 1.807) is 29.2 Å². The van der Waals surface area contributed by atoms with Crippen molar-refractivity contribution in [2.24, 2.45) is 0 Å². The molecule has 0 N–H and O–H groups in total. The van der Waals surface area contributed by atoms with E-state index in [2.05, 4.69) is 4.98 Å². The summed E-state index contributed by atoms with van der Waals surface area (Å²) in [6.45, 7) is 8.60. The van der Waals surface area contributed by atoms with E-state index >= 15 is 0 Å². The fourth-order valence-corrected chi connectivity index (χ4v) is 5.17. The molecule has 1 unspecified atom stereocenters. The number of carbonyl (C=O) groups is 1. The van der Waals surface area contributed by atoms with Crippen molar-refractivity contribution >= 4 is 33.3 Å². The maximum absolute atomic E-state index is 13.7. The van der Waals surface area contributed by atoms with E-state index in [1.807, 2.05) is 45.9 Å². The van der Waals surface area contributed by atoms with Crippen molar-refractivity contribution < 1.29 is 18.7 Å². The Labute approximate surface area is 200 Å². The summed E-state index contributed by atoms with van der Waals surface area (Å²) < 4.78 is 17.5. The summed E-state index contributed by atoms with van der Waals surface area (Å²) in [5.41, 5.74) is 2.02. The summed E-state index contributed by atoms with van der Waals surface area (Å²) >= 11 is 1.41. The summed E-state index contributed by atoms with van der Waals surface area (Å²) in [5, 5.41) is 0.954. The number of hydrogen-bond donors (Lipinski definition) is 0. The third kappa shape index (κ3) is 3.45. The number of carbonyl (C=O) groups excluding carboxylic acids is 1. The van der Waals surface area contributed by atoms with Crippen LogP contribution in [0.25, 0.3) is 11.0 Å². The molecule has 2 aromatic heterocycles. The lowest BCUT2D eigenvalue weighted by atomic mass is 9.98. The highest BCUT2D eigenvalue weighted by atomic mass is 32.1. The van der Waals surface area contributed by atoms with Gasteiger partial charge in [-0.2, -0.15) is 0 Å². The number of benzene rings is 2. The highest BCUT2D eigenvalue weighted by Crippen LogP contribution is 2.44. The van der Waals surface area contributed by atoms with Gasteiger partial charge in [0.2, 0.25) is 5.76 Å². The van der Waals surface area contributed by atoms with Gasteiger partial charge in [0.15, 0.2) is 22.1 Å². The van der Waals surface area contributed by atoms with Crippen LogP contribution in [0.5, 0.6) is 11.5 Å². The maximum atomic E-state index is 13.7. The third-order valence-corrected chi connectivity index (χ3v) is 6.96. The van der Waals surface area contributed by atoms with Gasteiger partial charge in [-0.25, -0.2) is 4.98 Å². The second-order valence-electron chi connectivity index (χ2n) is 7.96. The van der Waals surface area contributed by atoms with Gasteiger partial charge in [-0.15, -0.1) is 11.3 Å². The molecule has 34 heavy (non-hydrogen) atoms. The first-order chi connectivity index (χ1) is 16.4. The first-order valence-corrected chi connectivity index (χ1v) is 12.0. The molecule has 0 radical (unpaired) electrons. The molecule has 1 atom stereocenters. The normalized spacial score (nSPS) is 15.1. The van der Waals surface area contributed by atoms with Crippen molar-refractivity contribution in [1.29, 1.82) is 0 Å². The van der Waals surface area contributed by atoms with E-state index in [-0.39, 0.29) is 17.1 Å². The summed E-state index contributed by atoms with van der Waals surface area (Å²) in [7, 11) is 0. The van der Waals surface area contributed by atoms with Crippen LogP contribution in [0.2, 0.25) is 0 Å². The van der Waals surface area contributed by atoms with Gasteiger partial charge in [0.1, 0.15) is 5.58 Å². The number of hydrogen-bond acceptors (Lipinski definition) is 7. The Kier molecular flexibility index (Phi) is 5.61. The number of nitrogens with zero attached hydrogens (tertiary/aromatic N) is 2. The lowest BCUT2D eigenvalue weighted by Crippen LogP contribution is -2.29. The lowest BCUT2D eigenvalue weighted by molar-refractivity contribution is 0.0971. The van der Waals surface area contributed by atoms with E-state index in [0.717, 1.165) is 10.6 Å². The van der Waals surface area contributed by atoms with Gasteiger partial charge < -0.3 is 13.9 Å². The maximum Gasteiger partial charge on any atom is 0.297 e. The first kappa shape index (κ1) is 22.2. The Bertz CT molecular complexity index is 1450. The van der Waals surface area contributed by atoms with Crippen molar-refractivity contribution in [3.63, 3.8) is 0 Å². The van der Waals surface area contributed by atoms with E-state index in [0.29, 0.717) is 51.9 Å². The molecule has 3 heterocycles. The Hall–Kier alpha value is -3.65. The Balaban J connectivity index is 1.77. The zero-order chi connectivity index (χ0) is 24.0. The molecule has 0 spiro atoms. The molecule has 0 aliphatic carbocycles. The van der Waals surface area contributed by atoms with Crippen molar-refractivity contribution in [1.82, 2.24) is 4.98 Å². The molecule has 174 valence electrons. The van der Waals surface area contributed by atoms with Gasteiger partial charge in [-0.3, -0.25) is 14.5 Å². The minimum atomic E-state index is -0.705. The minimum Gasteiger partial charge on any atom is -0.490 e. The number of ether oxygens (including phenoxy) is 2. The van der Waals surface area contributed by atoms with Crippen LogP contribution in [-0.2, 0) is 0 Å². The van der Waals surface area contributed by atoms with Gasteiger partial charge in [-0.1, -0.05) is 18.2 Å². The van der Waals surface area contributed by atoms with E-state index in [9.17, 15) is 9.59 Å². The molecule has 1 amide bonds. The quantitative estimate of drug-likeness (QED) is 0.370. The van der Waals surface area contributed by atoms with Gasteiger partial charge in [-0.05, 0) is 57.5 Å². The van der Waals surface area contributed by atoms with Crippen LogP contribution in [-0.4, -0.2) is 24.1 Å². The second-order valence-corrected chi connectivity index (χ2v) is 9.14. The summed E-state index contributed by atoms with van der Waals surface area (Å²) in [4.78, 5) is 34.5. The molecule has 4 aromatic rings. The number of rotatable bonds is 6. The first-order valence-electron chi connectivity index (χ1n) is 11.2. The highest BCUT2D eigenvalue weighted by Gasteiger charge is 2.45. The Morgan fingerprint density at radius 1 is 1.03 bits per heavy atom. The van der Waals surface area contributed by atoms with Crippen LogP contribution in [0, 0.1) is 13.8 Å². The van der Waals surface area contributed by atoms with Gasteiger partial charge in [0, 0.05) is 4.88 Å². The number of para-hydroxylation sites is 1. The molecule has 0 fully saturated rings. The highest BCUT2D eigenvalue weighted by molar-refractivity contribution is 7.15. The number of aromatic nitrogens is 1. The van der Waals surface area contributed by atoms with Gasteiger partial charge in [0.05, 0.1) is 35.9 Å². The molecular weight excluding hydrogens is 452 g/mol. The number of aryl methyl sites for hydroxylation is 2. The lowest BCUT2D eigenvalue weighted by Gasteiger charge is -2.23.